The zero-order chi connectivity index (χ0) is 18.7. The van der Waals surface area contributed by atoms with Crippen LogP contribution >= 0.6 is 22.9 Å². The standard InChI is InChI=1S/C18H13ClF3N3S/c1-23-17-25(16(11-26-17)13-5-7-15(19)8-6-13)24-10-12-3-2-4-14(9-12)18(20,21)22/h2-11H,1H3. The van der Waals surface area contributed by atoms with E-state index < -0.39 is 11.7 Å². The van der Waals surface area contributed by atoms with Gasteiger partial charge in [-0.05, 0) is 29.8 Å². The Balaban J connectivity index is 2.01. The number of aromatic nitrogens is 1. The molecule has 0 N–H and O–H groups in total. The molecule has 0 bridgehead atoms. The van der Waals surface area contributed by atoms with E-state index >= 15 is 0 Å². The van der Waals surface area contributed by atoms with Gasteiger partial charge < -0.3 is 0 Å². The molecular formula is C18H13ClF3N3S. The highest BCUT2D eigenvalue weighted by atomic mass is 35.5. The van der Waals surface area contributed by atoms with Gasteiger partial charge in [0.1, 0.15) is 0 Å². The van der Waals surface area contributed by atoms with Crippen molar-refractivity contribution in [2.45, 2.75) is 6.18 Å². The van der Waals surface area contributed by atoms with E-state index in [0.29, 0.717) is 15.4 Å². The summed E-state index contributed by atoms with van der Waals surface area (Å²) in [5.74, 6) is 0. The minimum atomic E-state index is -4.39. The van der Waals surface area contributed by atoms with E-state index in [1.807, 2.05) is 17.5 Å². The molecule has 0 atom stereocenters. The first kappa shape index (κ1) is 18.4. The second kappa shape index (κ2) is 7.47. The number of benzene rings is 2. The van der Waals surface area contributed by atoms with Crippen LogP contribution in [0.15, 0.2) is 64.0 Å². The Morgan fingerprint density at radius 3 is 2.50 bits per heavy atom. The fraction of sp³-hybridized carbons (Fsp3) is 0.111. The van der Waals surface area contributed by atoms with E-state index in [9.17, 15) is 13.2 Å². The number of halogens is 4. The van der Waals surface area contributed by atoms with Gasteiger partial charge in [0.25, 0.3) is 0 Å². The molecule has 0 aliphatic carbocycles. The number of nitrogens with zero attached hydrogens (tertiary/aromatic N) is 3. The molecule has 1 heterocycles. The first-order valence-corrected chi connectivity index (χ1v) is 8.75. The lowest BCUT2D eigenvalue weighted by Crippen LogP contribution is -2.11. The van der Waals surface area contributed by atoms with Crippen molar-refractivity contribution in [2.75, 3.05) is 7.05 Å². The van der Waals surface area contributed by atoms with Crippen molar-refractivity contribution in [1.29, 1.82) is 0 Å². The van der Waals surface area contributed by atoms with Gasteiger partial charge in [-0.25, -0.2) is 4.68 Å². The normalized spacial score (nSPS) is 12.9. The van der Waals surface area contributed by atoms with Gasteiger partial charge in [-0.1, -0.05) is 35.9 Å². The fourth-order valence-electron chi connectivity index (χ4n) is 2.30. The van der Waals surface area contributed by atoms with E-state index in [2.05, 4.69) is 10.1 Å². The average molecular weight is 396 g/mol. The van der Waals surface area contributed by atoms with Crippen LogP contribution in [-0.2, 0) is 6.18 Å². The lowest BCUT2D eigenvalue weighted by molar-refractivity contribution is -0.137. The maximum Gasteiger partial charge on any atom is 0.416 e. The number of alkyl halides is 3. The van der Waals surface area contributed by atoms with Crippen molar-refractivity contribution in [2.24, 2.45) is 10.1 Å². The minimum Gasteiger partial charge on any atom is -0.261 e. The molecule has 1 aromatic heterocycles. The third kappa shape index (κ3) is 4.05. The quantitative estimate of drug-likeness (QED) is 0.538. The molecule has 3 nitrogen and oxygen atoms in total. The summed E-state index contributed by atoms with van der Waals surface area (Å²) in [6.45, 7) is 0. The molecule has 0 aliphatic rings. The summed E-state index contributed by atoms with van der Waals surface area (Å²) in [7, 11) is 1.63. The molecule has 0 saturated carbocycles. The Kier molecular flexibility index (Phi) is 5.29. The van der Waals surface area contributed by atoms with Crippen molar-refractivity contribution < 1.29 is 13.2 Å². The van der Waals surface area contributed by atoms with Gasteiger partial charge in [0.05, 0.1) is 17.5 Å². The molecule has 3 rings (SSSR count). The van der Waals surface area contributed by atoms with Gasteiger partial charge in [-0.15, -0.1) is 11.3 Å². The number of hydrogen-bond donors (Lipinski definition) is 0. The molecule has 0 unspecified atom stereocenters. The van der Waals surface area contributed by atoms with Gasteiger partial charge in [-0.3, -0.25) is 4.99 Å². The van der Waals surface area contributed by atoms with Crippen LogP contribution in [0.1, 0.15) is 11.1 Å². The summed E-state index contributed by atoms with van der Waals surface area (Å²) >= 11 is 7.31. The predicted molar refractivity (Wildman–Crippen MR) is 98.7 cm³/mol. The minimum absolute atomic E-state index is 0.350. The summed E-state index contributed by atoms with van der Waals surface area (Å²) in [6, 6.07) is 12.2. The van der Waals surface area contributed by atoms with Crippen LogP contribution in [-0.4, -0.2) is 17.9 Å². The third-order valence-electron chi connectivity index (χ3n) is 3.55. The van der Waals surface area contributed by atoms with Crippen molar-refractivity contribution in [3.8, 4) is 11.3 Å². The van der Waals surface area contributed by atoms with Crippen LogP contribution in [0.5, 0.6) is 0 Å². The number of thiazole rings is 1. The van der Waals surface area contributed by atoms with Gasteiger partial charge in [0.15, 0.2) is 0 Å². The summed E-state index contributed by atoms with van der Waals surface area (Å²) in [4.78, 5) is 4.79. The van der Waals surface area contributed by atoms with E-state index in [4.69, 9.17) is 11.6 Å². The van der Waals surface area contributed by atoms with Crippen LogP contribution in [0.4, 0.5) is 13.2 Å². The van der Waals surface area contributed by atoms with E-state index in [1.54, 1.807) is 29.9 Å². The first-order chi connectivity index (χ1) is 12.4. The highest BCUT2D eigenvalue weighted by Crippen LogP contribution is 2.29. The second-order valence-electron chi connectivity index (χ2n) is 5.31. The Labute approximate surface area is 156 Å². The highest BCUT2D eigenvalue weighted by Gasteiger charge is 2.30. The molecule has 2 aromatic carbocycles. The molecule has 26 heavy (non-hydrogen) atoms. The fourth-order valence-corrected chi connectivity index (χ4v) is 3.23. The summed E-state index contributed by atoms with van der Waals surface area (Å²) in [6.07, 6.45) is -3.01. The molecular weight excluding hydrogens is 383 g/mol. The average Bonchev–Trinajstić information content (AvgIpc) is 3.03. The molecule has 0 fully saturated rings. The summed E-state index contributed by atoms with van der Waals surface area (Å²) < 4.78 is 40.1. The van der Waals surface area contributed by atoms with Crippen LogP contribution in [0.3, 0.4) is 0 Å². The highest BCUT2D eigenvalue weighted by molar-refractivity contribution is 7.07. The molecule has 0 spiro atoms. The summed E-state index contributed by atoms with van der Waals surface area (Å²) in [5.41, 5.74) is 1.29. The van der Waals surface area contributed by atoms with Crippen molar-refractivity contribution in [3.63, 3.8) is 0 Å². The van der Waals surface area contributed by atoms with E-state index in [0.717, 1.165) is 23.4 Å². The Bertz CT molecular complexity index is 1000. The topological polar surface area (TPSA) is 29.6 Å². The van der Waals surface area contributed by atoms with Gasteiger partial charge in [-0.2, -0.15) is 18.3 Å². The zero-order valence-corrected chi connectivity index (χ0v) is 15.1. The molecule has 0 aliphatic heterocycles. The van der Waals surface area contributed by atoms with Crippen LogP contribution < -0.4 is 4.80 Å². The predicted octanol–water partition coefficient (Wildman–Crippen LogP) is 5.30. The molecule has 0 saturated heterocycles. The maximum atomic E-state index is 12.8. The van der Waals surface area contributed by atoms with Crippen molar-refractivity contribution in [3.05, 3.63) is 74.9 Å². The Hall–Kier alpha value is -2.38. The van der Waals surface area contributed by atoms with Crippen molar-refractivity contribution in [1.82, 2.24) is 4.68 Å². The first-order valence-electron chi connectivity index (χ1n) is 7.49. The van der Waals surface area contributed by atoms with Crippen LogP contribution in [0, 0.1) is 0 Å². The maximum absolute atomic E-state index is 12.8. The molecule has 3 aromatic rings. The smallest absolute Gasteiger partial charge is 0.261 e. The Morgan fingerprint density at radius 1 is 1.12 bits per heavy atom. The monoisotopic (exact) mass is 395 g/mol. The molecule has 134 valence electrons. The molecule has 0 radical (unpaired) electrons. The van der Waals surface area contributed by atoms with Gasteiger partial charge >= 0.3 is 6.18 Å². The SMILES string of the molecule is CN=c1scc(-c2ccc(Cl)cc2)n1N=Cc1cccc(C(F)(F)F)c1. The number of hydrogen-bond acceptors (Lipinski definition) is 3. The number of rotatable bonds is 3. The largest absolute Gasteiger partial charge is 0.416 e. The van der Waals surface area contributed by atoms with Crippen LogP contribution in [0.2, 0.25) is 5.02 Å². The van der Waals surface area contributed by atoms with E-state index in [-0.39, 0.29) is 0 Å². The van der Waals surface area contributed by atoms with E-state index in [1.165, 1.54) is 23.6 Å². The van der Waals surface area contributed by atoms with Crippen LogP contribution in [0.25, 0.3) is 11.3 Å². The second-order valence-corrected chi connectivity index (χ2v) is 6.59. The lowest BCUT2D eigenvalue weighted by atomic mass is 10.1. The van der Waals surface area contributed by atoms with Crippen molar-refractivity contribution >= 4 is 29.2 Å². The third-order valence-corrected chi connectivity index (χ3v) is 4.71. The van der Waals surface area contributed by atoms with Gasteiger partial charge in [0, 0.05) is 23.0 Å². The summed E-state index contributed by atoms with van der Waals surface area (Å²) in [5, 5.41) is 6.84. The molecule has 8 heteroatoms. The molecule has 0 amide bonds. The Morgan fingerprint density at radius 2 is 1.85 bits per heavy atom. The zero-order valence-electron chi connectivity index (χ0n) is 13.5. The van der Waals surface area contributed by atoms with Gasteiger partial charge in [0.2, 0.25) is 4.80 Å². The lowest BCUT2D eigenvalue weighted by Gasteiger charge is -2.07.